The highest BCUT2D eigenvalue weighted by atomic mass is 19.1. The first-order valence-electron chi connectivity index (χ1n) is 11.4. The molecular weight excluding hydrogens is 447 g/mol. The van der Waals surface area contributed by atoms with Gasteiger partial charge in [-0.25, -0.2) is 9.37 Å². The van der Waals surface area contributed by atoms with Crippen molar-refractivity contribution in [3.05, 3.63) is 59.7 Å². The van der Waals surface area contributed by atoms with Crippen LogP contribution in [-0.4, -0.2) is 40.1 Å². The van der Waals surface area contributed by atoms with E-state index >= 15 is 0 Å². The predicted molar refractivity (Wildman–Crippen MR) is 135 cm³/mol. The predicted octanol–water partition coefficient (Wildman–Crippen LogP) is 5.01. The van der Waals surface area contributed by atoms with E-state index < -0.39 is 5.82 Å². The van der Waals surface area contributed by atoms with Gasteiger partial charge in [0, 0.05) is 36.0 Å². The molecule has 0 radical (unpaired) electrons. The fourth-order valence-electron chi connectivity index (χ4n) is 4.34. The number of benzene rings is 1. The van der Waals surface area contributed by atoms with Crippen LogP contribution >= 0.6 is 0 Å². The first-order valence-corrected chi connectivity index (χ1v) is 11.4. The molecule has 5 rings (SSSR count). The molecule has 0 aliphatic carbocycles. The Morgan fingerprint density at radius 1 is 1.14 bits per heavy atom. The minimum atomic E-state index is -0.498. The molecule has 4 heterocycles. The number of ether oxygens (including phenoxy) is 1. The molecule has 180 valence electrons. The maximum absolute atomic E-state index is 14.4. The van der Waals surface area contributed by atoms with E-state index in [-0.39, 0.29) is 17.2 Å². The van der Waals surface area contributed by atoms with E-state index in [1.54, 1.807) is 18.3 Å². The minimum Gasteiger partial charge on any atom is -0.492 e. The van der Waals surface area contributed by atoms with Gasteiger partial charge in [0.05, 0.1) is 35.3 Å². The number of fused-ring (bicyclic) bond motifs is 2. The number of aromatic nitrogens is 3. The van der Waals surface area contributed by atoms with Crippen LogP contribution in [0.1, 0.15) is 36.8 Å². The molecule has 1 aliphatic heterocycles. The van der Waals surface area contributed by atoms with Crippen LogP contribution in [0.15, 0.2) is 42.6 Å². The SMILES string of the molecule is COc1c(F)cccc1Nc1c(-c2ccnc3ccc(NC(C)(C)C)nc23)[nH]c2c1C(=O)NCC2. The number of anilines is 3. The maximum atomic E-state index is 14.4. The summed E-state index contributed by atoms with van der Waals surface area (Å²) in [6.45, 7) is 6.72. The lowest BCUT2D eigenvalue weighted by Crippen LogP contribution is -2.31. The molecule has 3 aromatic heterocycles. The molecule has 9 heteroatoms. The fraction of sp³-hybridized carbons (Fsp3) is 0.269. The van der Waals surface area contributed by atoms with E-state index in [0.29, 0.717) is 46.6 Å². The summed E-state index contributed by atoms with van der Waals surface area (Å²) in [4.78, 5) is 25.7. The molecule has 0 saturated heterocycles. The summed E-state index contributed by atoms with van der Waals surface area (Å²) >= 11 is 0. The van der Waals surface area contributed by atoms with Crippen molar-refractivity contribution >= 4 is 34.1 Å². The zero-order valence-electron chi connectivity index (χ0n) is 20.0. The number of para-hydroxylation sites is 1. The summed E-state index contributed by atoms with van der Waals surface area (Å²) in [5.41, 5.74) is 4.90. The number of aromatic amines is 1. The van der Waals surface area contributed by atoms with Crippen molar-refractivity contribution in [2.45, 2.75) is 32.7 Å². The molecule has 0 saturated carbocycles. The van der Waals surface area contributed by atoms with E-state index in [1.165, 1.54) is 13.2 Å². The molecular formula is C26H27FN6O2. The average Bonchev–Trinajstić information content (AvgIpc) is 3.17. The number of nitrogens with one attached hydrogen (secondary N) is 4. The van der Waals surface area contributed by atoms with Gasteiger partial charge in [0.25, 0.3) is 5.91 Å². The smallest absolute Gasteiger partial charge is 0.255 e. The summed E-state index contributed by atoms with van der Waals surface area (Å²) in [6, 6.07) is 10.3. The lowest BCUT2D eigenvalue weighted by molar-refractivity contribution is 0.0947. The van der Waals surface area contributed by atoms with Gasteiger partial charge in [-0.15, -0.1) is 0 Å². The van der Waals surface area contributed by atoms with E-state index in [4.69, 9.17) is 9.72 Å². The van der Waals surface area contributed by atoms with Crippen molar-refractivity contribution in [2.75, 3.05) is 24.3 Å². The Balaban J connectivity index is 1.72. The Kier molecular flexibility index (Phi) is 5.55. The molecule has 1 aliphatic rings. The Bertz CT molecular complexity index is 1440. The second-order valence-corrected chi connectivity index (χ2v) is 9.48. The first kappa shape index (κ1) is 22.6. The summed E-state index contributed by atoms with van der Waals surface area (Å²) in [5, 5.41) is 9.56. The van der Waals surface area contributed by atoms with E-state index in [1.807, 2.05) is 18.2 Å². The van der Waals surface area contributed by atoms with Gasteiger partial charge < -0.3 is 25.7 Å². The van der Waals surface area contributed by atoms with Crippen LogP contribution in [0.5, 0.6) is 5.75 Å². The van der Waals surface area contributed by atoms with Gasteiger partial charge in [0.2, 0.25) is 0 Å². The molecule has 0 bridgehead atoms. The third-order valence-electron chi connectivity index (χ3n) is 5.75. The number of carbonyl (C=O) groups excluding carboxylic acids is 1. The Morgan fingerprint density at radius 3 is 2.74 bits per heavy atom. The van der Waals surface area contributed by atoms with Gasteiger partial charge in [0.15, 0.2) is 11.6 Å². The van der Waals surface area contributed by atoms with Crippen molar-refractivity contribution in [3.8, 4) is 17.0 Å². The summed E-state index contributed by atoms with van der Waals surface area (Å²) in [6.07, 6.45) is 2.35. The monoisotopic (exact) mass is 474 g/mol. The molecule has 4 aromatic rings. The van der Waals surface area contributed by atoms with Gasteiger partial charge in [-0.05, 0) is 51.1 Å². The largest absolute Gasteiger partial charge is 0.492 e. The lowest BCUT2D eigenvalue weighted by atomic mass is 10.0. The molecule has 0 spiro atoms. The molecule has 35 heavy (non-hydrogen) atoms. The van der Waals surface area contributed by atoms with Gasteiger partial charge >= 0.3 is 0 Å². The number of rotatable bonds is 5. The number of H-pyrrole nitrogens is 1. The van der Waals surface area contributed by atoms with Crippen LogP contribution in [0, 0.1) is 5.82 Å². The Labute approximate surface area is 202 Å². The van der Waals surface area contributed by atoms with Gasteiger partial charge in [0.1, 0.15) is 11.3 Å². The van der Waals surface area contributed by atoms with Gasteiger partial charge in [-0.2, -0.15) is 0 Å². The fourth-order valence-corrected chi connectivity index (χ4v) is 4.34. The van der Waals surface area contributed by atoms with Crippen LogP contribution in [0.4, 0.5) is 21.6 Å². The number of amides is 1. The van der Waals surface area contributed by atoms with Crippen molar-refractivity contribution in [1.29, 1.82) is 0 Å². The summed E-state index contributed by atoms with van der Waals surface area (Å²) in [5.74, 6) is 0.0865. The topological polar surface area (TPSA) is 104 Å². The van der Waals surface area contributed by atoms with Gasteiger partial charge in [-0.1, -0.05) is 6.07 Å². The zero-order valence-corrected chi connectivity index (χ0v) is 20.0. The Morgan fingerprint density at radius 2 is 1.97 bits per heavy atom. The second-order valence-electron chi connectivity index (χ2n) is 9.48. The lowest BCUT2D eigenvalue weighted by Gasteiger charge is -2.21. The van der Waals surface area contributed by atoms with Crippen LogP contribution in [0.3, 0.4) is 0 Å². The first-order chi connectivity index (χ1) is 16.7. The highest BCUT2D eigenvalue weighted by Crippen LogP contribution is 2.41. The van der Waals surface area contributed by atoms with E-state index in [0.717, 1.165) is 17.1 Å². The molecule has 1 amide bonds. The average molecular weight is 475 g/mol. The van der Waals surface area contributed by atoms with Crippen molar-refractivity contribution in [2.24, 2.45) is 0 Å². The molecule has 0 fully saturated rings. The molecule has 0 unspecified atom stereocenters. The number of halogens is 1. The standard InChI is InChI=1S/C26H27FN6O2/c1-26(2,3)33-19-9-8-17-21(32-19)14(10-12-28-17)22-23(20-16(30-22)11-13-29-25(20)34)31-18-7-5-6-15(27)24(18)35-4/h5-10,12,30-31H,11,13H2,1-4H3,(H,29,34)(H,32,33). The number of pyridine rings is 2. The van der Waals surface area contributed by atoms with Crippen LogP contribution in [0.25, 0.3) is 22.3 Å². The molecule has 4 N–H and O–H groups in total. The van der Waals surface area contributed by atoms with Crippen LogP contribution in [-0.2, 0) is 6.42 Å². The van der Waals surface area contributed by atoms with Gasteiger partial charge in [-0.3, -0.25) is 9.78 Å². The van der Waals surface area contributed by atoms with Crippen molar-refractivity contribution in [3.63, 3.8) is 0 Å². The minimum absolute atomic E-state index is 0.0685. The maximum Gasteiger partial charge on any atom is 0.255 e. The summed E-state index contributed by atoms with van der Waals surface area (Å²) < 4.78 is 19.7. The van der Waals surface area contributed by atoms with Crippen LogP contribution in [0.2, 0.25) is 0 Å². The third kappa shape index (κ3) is 4.25. The van der Waals surface area contributed by atoms with Crippen molar-refractivity contribution < 1.29 is 13.9 Å². The zero-order chi connectivity index (χ0) is 24.7. The molecule has 0 atom stereocenters. The molecule has 1 aromatic carbocycles. The highest BCUT2D eigenvalue weighted by molar-refractivity contribution is 6.08. The third-order valence-corrected chi connectivity index (χ3v) is 5.75. The Hall–Kier alpha value is -4.14. The van der Waals surface area contributed by atoms with Crippen molar-refractivity contribution in [1.82, 2.24) is 20.3 Å². The number of nitrogens with zero attached hydrogens (tertiary/aromatic N) is 2. The number of hydrogen-bond donors (Lipinski definition) is 4. The second kappa shape index (κ2) is 8.57. The normalized spacial score (nSPS) is 13.3. The summed E-state index contributed by atoms with van der Waals surface area (Å²) in [7, 11) is 1.41. The highest BCUT2D eigenvalue weighted by Gasteiger charge is 2.28. The van der Waals surface area contributed by atoms with E-state index in [9.17, 15) is 9.18 Å². The number of methoxy groups -OCH3 is 1. The number of hydrogen-bond acceptors (Lipinski definition) is 6. The van der Waals surface area contributed by atoms with E-state index in [2.05, 4.69) is 46.7 Å². The number of carbonyl (C=O) groups is 1. The quantitative estimate of drug-likeness (QED) is 0.324. The van der Waals surface area contributed by atoms with Crippen LogP contribution < -0.4 is 20.7 Å². The molecule has 8 nitrogen and oxygen atoms in total.